The van der Waals surface area contributed by atoms with Crippen LogP contribution in [0.3, 0.4) is 0 Å². The second-order valence-corrected chi connectivity index (χ2v) is 6.97. The van der Waals surface area contributed by atoms with E-state index in [1.807, 2.05) is 36.0 Å². The van der Waals surface area contributed by atoms with E-state index in [1.165, 1.54) is 0 Å². The number of H-pyrrole nitrogens is 1. The summed E-state index contributed by atoms with van der Waals surface area (Å²) < 4.78 is 0. The Morgan fingerprint density at radius 1 is 1.33 bits per heavy atom. The van der Waals surface area contributed by atoms with E-state index in [0.717, 1.165) is 54.6 Å². The number of rotatable bonds is 4. The summed E-state index contributed by atoms with van der Waals surface area (Å²) in [6.07, 6.45) is 3.84. The second kappa shape index (κ2) is 6.75. The fraction of sp³-hybridized carbons (Fsp3) is 0.333. The smallest absolute Gasteiger partial charge is 0.252 e. The molecule has 1 fully saturated rings. The van der Waals surface area contributed by atoms with Crippen molar-refractivity contribution in [2.75, 3.05) is 13.1 Å². The Bertz CT molecular complexity index is 819. The minimum Gasteiger partial charge on any atom is -0.361 e. The monoisotopic (exact) mass is 340 g/mol. The first-order valence-corrected chi connectivity index (χ1v) is 9.20. The maximum Gasteiger partial charge on any atom is 0.252 e. The molecule has 0 spiro atoms. The molecule has 0 aliphatic carbocycles. The Labute approximate surface area is 144 Å². The van der Waals surface area contributed by atoms with E-state index in [9.17, 15) is 4.79 Å². The minimum atomic E-state index is 0.0261. The van der Waals surface area contributed by atoms with Gasteiger partial charge in [0.2, 0.25) is 0 Å². The first-order chi connectivity index (χ1) is 11.8. The number of likely N-dealkylation sites (tertiary alicyclic amines) is 1. The Morgan fingerprint density at radius 2 is 2.21 bits per heavy atom. The highest BCUT2D eigenvalue weighted by Crippen LogP contribution is 2.19. The summed E-state index contributed by atoms with van der Waals surface area (Å²) in [5, 5.41) is 6.29. The zero-order chi connectivity index (χ0) is 16.4. The van der Waals surface area contributed by atoms with Crippen molar-refractivity contribution >= 4 is 28.1 Å². The maximum atomic E-state index is 12.6. The number of aromatic nitrogens is 2. The number of fused-ring (bicyclic) bond motifs is 1. The molecule has 0 saturated carbocycles. The Hall–Kier alpha value is -2.18. The lowest BCUT2D eigenvalue weighted by Gasteiger charge is -2.31. The van der Waals surface area contributed by atoms with Crippen molar-refractivity contribution in [2.24, 2.45) is 0 Å². The average Bonchev–Trinajstić information content (AvgIpc) is 3.27. The van der Waals surface area contributed by atoms with Crippen LogP contribution >= 0.6 is 11.3 Å². The van der Waals surface area contributed by atoms with E-state index in [2.05, 4.69) is 25.6 Å². The number of aromatic amines is 1. The molecule has 2 aromatic heterocycles. The zero-order valence-corrected chi connectivity index (χ0v) is 14.2. The second-order valence-electron chi connectivity index (χ2n) is 6.25. The van der Waals surface area contributed by atoms with Gasteiger partial charge in [-0.05, 0) is 31.0 Å². The first kappa shape index (κ1) is 15.4. The maximum absolute atomic E-state index is 12.6. The van der Waals surface area contributed by atoms with Crippen molar-refractivity contribution in [3.63, 3.8) is 0 Å². The van der Waals surface area contributed by atoms with E-state index in [4.69, 9.17) is 0 Å². The molecule has 3 heterocycles. The third-order valence-electron chi connectivity index (χ3n) is 4.63. The van der Waals surface area contributed by atoms with Crippen LogP contribution < -0.4 is 5.32 Å². The van der Waals surface area contributed by atoms with Gasteiger partial charge in [-0.25, -0.2) is 4.98 Å². The van der Waals surface area contributed by atoms with Crippen LogP contribution in [0.25, 0.3) is 10.9 Å². The van der Waals surface area contributed by atoms with E-state index in [-0.39, 0.29) is 11.9 Å². The number of hydrogen-bond donors (Lipinski definition) is 2. The number of thiazole rings is 1. The summed E-state index contributed by atoms with van der Waals surface area (Å²) in [6, 6.07) is 8.01. The van der Waals surface area contributed by atoms with E-state index in [0.29, 0.717) is 0 Å². The predicted octanol–water partition coefficient (Wildman–Crippen LogP) is 3.02. The molecule has 2 N–H and O–H groups in total. The van der Waals surface area contributed by atoms with Crippen molar-refractivity contribution < 1.29 is 4.79 Å². The molecule has 1 aliphatic heterocycles. The van der Waals surface area contributed by atoms with Crippen LogP contribution in [-0.4, -0.2) is 39.9 Å². The van der Waals surface area contributed by atoms with Crippen LogP contribution in [0, 0.1) is 0 Å². The van der Waals surface area contributed by atoms with E-state index in [1.54, 1.807) is 11.3 Å². The molecule has 1 amide bonds. The lowest BCUT2D eigenvalue weighted by atomic mass is 10.0. The average molecular weight is 340 g/mol. The standard InChI is InChI=1S/C18H20N4OS/c23-18(16-2-1-3-17-15(16)4-7-19-17)21-13-5-8-22(9-6-13)10-14-11-24-12-20-14/h1-4,7,11-13,19H,5-6,8-10H2,(H,21,23). The lowest BCUT2D eigenvalue weighted by Crippen LogP contribution is -2.44. The molecule has 6 heteroatoms. The van der Waals surface area contributed by atoms with Gasteiger partial charge in [-0.15, -0.1) is 11.3 Å². The fourth-order valence-electron chi connectivity index (χ4n) is 3.33. The number of carbonyl (C=O) groups is 1. The van der Waals surface area contributed by atoms with Crippen LogP contribution in [0.5, 0.6) is 0 Å². The molecule has 0 bridgehead atoms. The van der Waals surface area contributed by atoms with Crippen molar-refractivity contribution in [2.45, 2.75) is 25.4 Å². The third-order valence-corrected chi connectivity index (χ3v) is 5.27. The molecule has 4 rings (SSSR count). The Kier molecular flexibility index (Phi) is 4.32. The quantitative estimate of drug-likeness (QED) is 0.767. The van der Waals surface area contributed by atoms with Gasteiger partial charge in [0.25, 0.3) is 5.91 Å². The highest BCUT2D eigenvalue weighted by atomic mass is 32.1. The number of carbonyl (C=O) groups excluding carboxylic acids is 1. The number of piperidine rings is 1. The molecule has 1 aliphatic rings. The lowest BCUT2D eigenvalue weighted by molar-refractivity contribution is 0.0910. The van der Waals surface area contributed by atoms with Crippen molar-refractivity contribution in [1.82, 2.24) is 20.2 Å². The first-order valence-electron chi connectivity index (χ1n) is 8.26. The third kappa shape index (κ3) is 3.20. The van der Waals surface area contributed by atoms with Crippen molar-refractivity contribution in [1.29, 1.82) is 0 Å². The molecule has 24 heavy (non-hydrogen) atoms. The molecule has 5 nitrogen and oxygen atoms in total. The summed E-state index contributed by atoms with van der Waals surface area (Å²) in [4.78, 5) is 22.5. The van der Waals surface area contributed by atoms with Gasteiger partial charge in [-0.3, -0.25) is 9.69 Å². The molecular weight excluding hydrogens is 320 g/mol. The number of benzene rings is 1. The van der Waals surface area contributed by atoms with Gasteiger partial charge in [0.1, 0.15) is 0 Å². The summed E-state index contributed by atoms with van der Waals surface area (Å²) in [7, 11) is 0. The number of hydrogen-bond acceptors (Lipinski definition) is 4. The molecule has 3 aromatic rings. The van der Waals surface area contributed by atoms with Gasteiger partial charge in [0.15, 0.2) is 0 Å². The van der Waals surface area contributed by atoms with E-state index >= 15 is 0 Å². The highest BCUT2D eigenvalue weighted by molar-refractivity contribution is 7.07. The summed E-state index contributed by atoms with van der Waals surface area (Å²) in [5.74, 6) is 0.0261. The van der Waals surface area contributed by atoms with Gasteiger partial charge < -0.3 is 10.3 Å². The molecular formula is C18H20N4OS. The van der Waals surface area contributed by atoms with E-state index < -0.39 is 0 Å². The summed E-state index contributed by atoms with van der Waals surface area (Å²) in [5.41, 5.74) is 4.77. The largest absolute Gasteiger partial charge is 0.361 e. The minimum absolute atomic E-state index is 0.0261. The normalized spacial score (nSPS) is 16.5. The molecule has 1 saturated heterocycles. The van der Waals surface area contributed by atoms with Gasteiger partial charge >= 0.3 is 0 Å². The number of nitrogens with zero attached hydrogens (tertiary/aromatic N) is 2. The van der Waals surface area contributed by atoms with Crippen LogP contribution in [0.15, 0.2) is 41.4 Å². The van der Waals surface area contributed by atoms with Gasteiger partial charge in [0, 0.05) is 53.7 Å². The van der Waals surface area contributed by atoms with Crippen molar-refractivity contribution in [3.05, 3.63) is 52.6 Å². The number of amides is 1. The fourth-order valence-corrected chi connectivity index (χ4v) is 3.88. The van der Waals surface area contributed by atoms with Crippen molar-refractivity contribution in [3.8, 4) is 0 Å². The molecule has 0 radical (unpaired) electrons. The zero-order valence-electron chi connectivity index (χ0n) is 13.4. The molecule has 1 aromatic carbocycles. The van der Waals surface area contributed by atoms with Gasteiger partial charge in [-0.2, -0.15) is 0 Å². The Morgan fingerprint density at radius 3 is 3.00 bits per heavy atom. The summed E-state index contributed by atoms with van der Waals surface area (Å²) in [6.45, 7) is 2.90. The topological polar surface area (TPSA) is 61.0 Å². The molecule has 0 unspecified atom stereocenters. The van der Waals surface area contributed by atoms with Crippen LogP contribution in [0.2, 0.25) is 0 Å². The van der Waals surface area contributed by atoms with Gasteiger partial charge in [-0.1, -0.05) is 6.07 Å². The van der Waals surface area contributed by atoms with Crippen LogP contribution in [-0.2, 0) is 6.54 Å². The van der Waals surface area contributed by atoms with Crippen LogP contribution in [0.4, 0.5) is 0 Å². The highest BCUT2D eigenvalue weighted by Gasteiger charge is 2.22. The predicted molar refractivity (Wildman–Crippen MR) is 96.2 cm³/mol. The SMILES string of the molecule is O=C(NC1CCN(Cc2cscn2)CC1)c1cccc2[nH]ccc12. The van der Waals surface area contributed by atoms with Gasteiger partial charge in [0.05, 0.1) is 11.2 Å². The number of nitrogens with one attached hydrogen (secondary N) is 2. The molecule has 0 atom stereocenters. The summed E-state index contributed by atoms with van der Waals surface area (Å²) >= 11 is 1.64. The van der Waals surface area contributed by atoms with Crippen LogP contribution in [0.1, 0.15) is 28.9 Å². The Balaban J connectivity index is 1.35. The molecule has 124 valence electrons.